The lowest BCUT2D eigenvalue weighted by molar-refractivity contribution is -0.215. The summed E-state index contributed by atoms with van der Waals surface area (Å²) in [5.41, 5.74) is 7.01. The Morgan fingerprint density at radius 3 is 2.23 bits per heavy atom. The Balaban J connectivity index is 2.28. The predicted octanol–water partition coefficient (Wildman–Crippen LogP) is 3.14. The second kappa shape index (κ2) is 12.2. The van der Waals surface area contributed by atoms with Crippen LogP contribution in [0, 0.1) is 5.92 Å². The minimum Gasteiger partial charge on any atom is -0.497 e. The predicted molar refractivity (Wildman–Crippen MR) is 126 cm³/mol. The molecule has 0 spiro atoms. The maximum Gasteiger partial charge on any atom is 0.416 e. The van der Waals surface area contributed by atoms with Crippen molar-refractivity contribution in [2.75, 3.05) is 7.11 Å². The molecule has 0 aliphatic heterocycles. The van der Waals surface area contributed by atoms with Crippen molar-refractivity contribution in [3.8, 4) is 5.75 Å². The molecule has 0 aliphatic rings. The Bertz CT molecular complexity index is 1000. The van der Waals surface area contributed by atoms with Gasteiger partial charge in [0.2, 0.25) is 11.8 Å². The van der Waals surface area contributed by atoms with Gasteiger partial charge in [0.1, 0.15) is 11.8 Å². The third-order valence-corrected chi connectivity index (χ3v) is 5.62. The lowest BCUT2D eigenvalue weighted by Gasteiger charge is -2.31. The van der Waals surface area contributed by atoms with Crippen LogP contribution >= 0.6 is 11.6 Å². The van der Waals surface area contributed by atoms with Gasteiger partial charge in [0.05, 0.1) is 19.2 Å². The van der Waals surface area contributed by atoms with Crippen molar-refractivity contribution < 1.29 is 32.6 Å². The molecule has 2 rings (SSSR count). The first-order chi connectivity index (χ1) is 16.3. The highest BCUT2D eigenvalue weighted by molar-refractivity contribution is 6.30. The Hall–Kier alpha value is -2.82. The van der Waals surface area contributed by atoms with Crippen LogP contribution in [0.2, 0.25) is 5.02 Å². The minimum atomic E-state index is -4.94. The number of amides is 2. The summed E-state index contributed by atoms with van der Waals surface area (Å²) in [6.07, 6.45) is -7.62. The molecule has 0 bridgehead atoms. The second-order valence-corrected chi connectivity index (χ2v) is 8.86. The van der Waals surface area contributed by atoms with E-state index >= 15 is 0 Å². The van der Waals surface area contributed by atoms with Gasteiger partial charge in [0.15, 0.2) is 6.10 Å². The molecule has 7 nitrogen and oxygen atoms in total. The van der Waals surface area contributed by atoms with Crippen LogP contribution < -0.4 is 21.1 Å². The fraction of sp³-hybridized carbons (Fsp3) is 0.417. The van der Waals surface area contributed by atoms with Gasteiger partial charge in [-0.3, -0.25) is 9.59 Å². The summed E-state index contributed by atoms with van der Waals surface area (Å²) in [6.45, 7) is 2.86. The number of halogens is 4. The number of carbonyl (C=O) groups excluding carboxylic acids is 2. The van der Waals surface area contributed by atoms with Crippen LogP contribution in [0.1, 0.15) is 31.0 Å². The highest BCUT2D eigenvalue weighted by Crippen LogP contribution is 2.26. The topological polar surface area (TPSA) is 114 Å². The molecule has 0 heterocycles. The molecule has 5 N–H and O–H groups in total. The van der Waals surface area contributed by atoms with Crippen LogP contribution in [-0.2, 0) is 16.0 Å². The maximum atomic E-state index is 13.2. The summed E-state index contributed by atoms with van der Waals surface area (Å²) < 4.78 is 44.6. The number of aliphatic hydroxyl groups excluding tert-OH is 1. The molecule has 11 heteroatoms. The smallest absolute Gasteiger partial charge is 0.416 e. The number of aliphatic hydroxyl groups is 1. The zero-order valence-corrected chi connectivity index (χ0v) is 20.2. The van der Waals surface area contributed by atoms with Gasteiger partial charge >= 0.3 is 6.18 Å². The summed E-state index contributed by atoms with van der Waals surface area (Å²) in [5.74, 6) is -1.91. The molecule has 2 amide bonds. The van der Waals surface area contributed by atoms with Crippen molar-refractivity contribution >= 4 is 23.4 Å². The van der Waals surface area contributed by atoms with Crippen molar-refractivity contribution in [2.24, 2.45) is 11.7 Å². The van der Waals surface area contributed by atoms with Crippen LogP contribution in [-0.4, -0.2) is 48.4 Å². The van der Waals surface area contributed by atoms with Gasteiger partial charge in [0.25, 0.3) is 0 Å². The number of nitrogens with one attached hydrogen (secondary N) is 2. The summed E-state index contributed by atoms with van der Waals surface area (Å²) in [4.78, 5) is 26.0. The van der Waals surface area contributed by atoms with Gasteiger partial charge in [-0.25, -0.2) is 0 Å². The summed E-state index contributed by atoms with van der Waals surface area (Å²) in [7, 11) is 1.45. The molecule has 0 saturated carbocycles. The monoisotopic (exact) mass is 515 g/mol. The van der Waals surface area contributed by atoms with Gasteiger partial charge < -0.3 is 26.2 Å². The number of hydrogen-bond acceptors (Lipinski definition) is 5. The molecule has 0 aliphatic carbocycles. The van der Waals surface area contributed by atoms with E-state index in [0.29, 0.717) is 16.3 Å². The van der Waals surface area contributed by atoms with Gasteiger partial charge in [-0.1, -0.05) is 49.7 Å². The maximum absolute atomic E-state index is 13.2. The molecule has 35 heavy (non-hydrogen) atoms. The molecule has 0 aromatic heterocycles. The normalized spacial score (nSPS) is 15.1. The third kappa shape index (κ3) is 8.12. The average molecular weight is 516 g/mol. The summed E-state index contributed by atoms with van der Waals surface area (Å²) in [6, 6.07) is 8.75. The van der Waals surface area contributed by atoms with Crippen LogP contribution in [0.15, 0.2) is 48.5 Å². The first-order valence-electron chi connectivity index (χ1n) is 10.8. The quantitative estimate of drug-likeness (QED) is 0.388. The number of ether oxygens (including phenoxy) is 1. The van der Waals surface area contributed by atoms with E-state index in [4.69, 9.17) is 22.1 Å². The largest absolute Gasteiger partial charge is 0.497 e. The van der Waals surface area contributed by atoms with E-state index in [1.807, 2.05) is 0 Å². The van der Waals surface area contributed by atoms with Crippen molar-refractivity contribution in [2.45, 2.75) is 50.7 Å². The summed E-state index contributed by atoms with van der Waals surface area (Å²) >= 11 is 5.96. The van der Waals surface area contributed by atoms with E-state index in [-0.39, 0.29) is 12.0 Å². The van der Waals surface area contributed by atoms with Gasteiger partial charge in [-0.15, -0.1) is 0 Å². The third-order valence-electron chi connectivity index (χ3n) is 5.38. The number of alkyl halides is 3. The van der Waals surface area contributed by atoms with Crippen LogP contribution in [0.25, 0.3) is 0 Å². The molecule has 0 saturated heterocycles. The highest BCUT2D eigenvalue weighted by atomic mass is 35.5. The molecule has 1 unspecified atom stereocenters. The van der Waals surface area contributed by atoms with E-state index in [0.717, 1.165) is 0 Å². The molecule has 0 fully saturated rings. The minimum absolute atomic E-state index is 0.116. The second-order valence-electron chi connectivity index (χ2n) is 8.42. The molecule has 2 aromatic carbocycles. The van der Waals surface area contributed by atoms with Crippen LogP contribution in [0.3, 0.4) is 0 Å². The van der Waals surface area contributed by atoms with E-state index in [9.17, 15) is 27.9 Å². The number of rotatable bonds is 10. The number of hydrogen-bond donors (Lipinski definition) is 4. The number of benzene rings is 2. The molecule has 2 aromatic rings. The molecular formula is C24H29ClF3N3O4. The molecular weight excluding hydrogens is 487 g/mol. The first-order valence-corrected chi connectivity index (χ1v) is 11.2. The lowest BCUT2D eigenvalue weighted by Crippen LogP contribution is -2.56. The average Bonchev–Trinajstić information content (AvgIpc) is 2.79. The lowest BCUT2D eigenvalue weighted by atomic mass is 9.96. The zero-order chi connectivity index (χ0) is 26.3. The fourth-order valence-corrected chi connectivity index (χ4v) is 3.63. The summed E-state index contributed by atoms with van der Waals surface area (Å²) in [5, 5.41) is 15.0. The van der Waals surface area contributed by atoms with E-state index in [2.05, 4.69) is 10.6 Å². The Morgan fingerprint density at radius 2 is 1.71 bits per heavy atom. The van der Waals surface area contributed by atoms with Crippen LogP contribution in [0.5, 0.6) is 5.75 Å². The Kier molecular flexibility index (Phi) is 9.93. The fourth-order valence-electron chi connectivity index (χ4n) is 3.42. The highest BCUT2D eigenvalue weighted by Gasteiger charge is 2.45. The Morgan fingerprint density at radius 1 is 1.09 bits per heavy atom. The molecule has 4 atom stereocenters. The van der Waals surface area contributed by atoms with Crippen molar-refractivity contribution in [1.82, 2.24) is 10.6 Å². The molecule has 192 valence electrons. The van der Waals surface area contributed by atoms with E-state index in [1.165, 1.54) is 45.2 Å². The van der Waals surface area contributed by atoms with Gasteiger partial charge in [-0.05, 0) is 47.7 Å². The first kappa shape index (κ1) is 28.4. The Labute approximate surface area is 206 Å². The van der Waals surface area contributed by atoms with Crippen molar-refractivity contribution in [1.29, 1.82) is 0 Å². The number of carbonyl (C=O) groups is 2. The van der Waals surface area contributed by atoms with Gasteiger partial charge in [0, 0.05) is 5.02 Å². The standard InChI is InChI=1S/C24H29ClF3N3O4/c1-13(2)19(21(32)24(26,27)28)30-23(34)20(15-7-9-17(35-3)10-8-15)31-22(33)18(29)12-14-5-4-6-16(25)11-14/h4-11,13,18-21,32H,12,29H2,1-3H3,(H,30,34)(H,31,33)/t18?,19-,20-,21-/m0/s1. The van der Waals surface area contributed by atoms with Crippen molar-refractivity contribution in [3.63, 3.8) is 0 Å². The zero-order valence-electron chi connectivity index (χ0n) is 19.5. The van der Waals surface area contributed by atoms with Crippen molar-refractivity contribution in [3.05, 3.63) is 64.7 Å². The van der Waals surface area contributed by atoms with Crippen LogP contribution in [0.4, 0.5) is 13.2 Å². The van der Waals surface area contributed by atoms with E-state index < -0.39 is 48.1 Å². The SMILES string of the molecule is COc1ccc([C@H](NC(=O)C(N)Cc2cccc(Cl)c2)C(=O)N[C@@H](C(C)C)[C@H](O)C(F)(F)F)cc1. The number of nitrogens with two attached hydrogens (primary N) is 1. The molecule has 0 radical (unpaired) electrons. The van der Waals surface area contributed by atoms with Gasteiger partial charge in [-0.2, -0.15) is 13.2 Å². The van der Waals surface area contributed by atoms with E-state index in [1.54, 1.807) is 24.3 Å². The number of methoxy groups -OCH3 is 1.